The van der Waals surface area contributed by atoms with Crippen LogP contribution in [0.15, 0.2) is 73.2 Å². The standard InChI is InChI=1S/C47H50N6O7/c1-28-21-29(2)47(28,18-7-5-4-6-8-20-59-32-11-13-35-36(23-32)45(57)53(44(35)56)39-14-15-41(54)50-43(39)55)46(58)52-26-33(27-52)60-42-16-10-31(24-49-42)30-9-12-34-37-25-48-19-17-38(37)51(3)40(34)22-30/h9-13,16-17,19,22-25,28-29,33,39H,4-8,14-15,18,20-21,26-27H2,1-3H3,(H,50,54,55)/t28-,29+,39?,47?. The molecule has 5 aromatic rings. The van der Waals surface area contributed by atoms with Gasteiger partial charge in [0.1, 0.15) is 17.9 Å². The van der Waals surface area contributed by atoms with E-state index in [1.807, 2.05) is 41.7 Å². The summed E-state index contributed by atoms with van der Waals surface area (Å²) in [6.07, 6.45) is 12.5. The number of amides is 5. The Morgan fingerprint density at radius 1 is 0.833 bits per heavy atom. The van der Waals surface area contributed by atoms with Crippen molar-refractivity contribution in [3.8, 4) is 22.8 Å². The summed E-state index contributed by atoms with van der Waals surface area (Å²) in [5.74, 6) is -0.109. The molecular weight excluding hydrogens is 761 g/mol. The Morgan fingerprint density at radius 2 is 1.60 bits per heavy atom. The number of hydrogen-bond donors (Lipinski definition) is 1. The molecule has 13 heteroatoms. The lowest BCUT2D eigenvalue weighted by Gasteiger charge is -2.56. The molecule has 2 unspecified atom stereocenters. The predicted octanol–water partition coefficient (Wildman–Crippen LogP) is 6.86. The van der Waals surface area contributed by atoms with E-state index in [2.05, 4.69) is 58.9 Å². The SMILES string of the molecule is C[C@@H]1C[C@H](C)C1(CCCCCCCOc1ccc2c(c1)C(=O)N(C1CCC(=O)NC1=O)C2=O)C(=O)N1CC(Oc2ccc(-c3ccc4c5cnccc5n(C)c4c3)cn2)C1. The van der Waals surface area contributed by atoms with Gasteiger partial charge >= 0.3 is 0 Å². The van der Waals surface area contributed by atoms with E-state index >= 15 is 0 Å². The maximum atomic E-state index is 14.1. The normalized spacial score (nSPS) is 22.8. The molecule has 4 atom stereocenters. The van der Waals surface area contributed by atoms with Crippen LogP contribution < -0.4 is 14.8 Å². The zero-order chi connectivity index (χ0) is 41.7. The molecule has 4 aliphatic rings. The number of pyridine rings is 2. The number of likely N-dealkylation sites (tertiary alicyclic amines) is 1. The fourth-order valence-electron chi connectivity index (χ4n) is 10.1. The van der Waals surface area contributed by atoms with Crippen molar-refractivity contribution in [2.75, 3.05) is 19.7 Å². The van der Waals surface area contributed by atoms with E-state index in [1.54, 1.807) is 18.2 Å². The minimum absolute atomic E-state index is 0.0752. The van der Waals surface area contributed by atoms with Gasteiger partial charge in [-0.15, -0.1) is 0 Å². The number of rotatable bonds is 14. The van der Waals surface area contributed by atoms with Gasteiger partial charge in [-0.1, -0.05) is 51.7 Å². The molecule has 3 aliphatic heterocycles. The molecule has 3 aromatic heterocycles. The third kappa shape index (κ3) is 6.87. The van der Waals surface area contributed by atoms with E-state index in [-0.39, 0.29) is 41.4 Å². The van der Waals surface area contributed by atoms with E-state index in [1.165, 1.54) is 5.39 Å². The number of nitrogens with one attached hydrogen (secondary N) is 1. The van der Waals surface area contributed by atoms with Crippen molar-refractivity contribution in [3.63, 3.8) is 0 Å². The number of unbranched alkanes of at least 4 members (excludes halogenated alkanes) is 4. The number of piperidine rings is 1. The van der Waals surface area contributed by atoms with E-state index in [0.717, 1.165) is 77.4 Å². The highest BCUT2D eigenvalue weighted by Crippen LogP contribution is 2.56. The number of ether oxygens (including phenoxy) is 2. The van der Waals surface area contributed by atoms with E-state index < -0.39 is 29.7 Å². The smallest absolute Gasteiger partial charge is 0.262 e. The van der Waals surface area contributed by atoms with Crippen molar-refractivity contribution in [2.45, 2.75) is 83.8 Å². The lowest BCUT2D eigenvalue weighted by Crippen LogP contribution is -2.65. The van der Waals surface area contributed by atoms with Gasteiger partial charge in [0.2, 0.25) is 23.6 Å². The first kappa shape index (κ1) is 39.4. The Bertz CT molecular complexity index is 2520. The van der Waals surface area contributed by atoms with Crippen LogP contribution in [0.3, 0.4) is 0 Å². The van der Waals surface area contributed by atoms with Crippen LogP contribution in [-0.2, 0) is 21.4 Å². The number of aromatic nitrogens is 3. The van der Waals surface area contributed by atoms with E-state index in [4.69, 9.17) is 9.47 Å². The summed E-state index contributed by atoms with van der Waals surface area (Å²) in [6, 6.07) is 16.2. The Kier molecular flexibility index (Phi) is 10.4. The molecule has 2 aromatic carbocycles. The zero-order valence-electron chi connectivity index (χ0n) is 34.3. The Hall–Kier alpha value is -6.11. The van der Waals surface area contributed by atoms with Gasteiger partial charge in [-0.05, 0) is 79.5 Å². The van der Waals surface area contributed by atoms with Gasteiger partial charge in [-0.2, -0.15) is 0 Å². The maximum absolute atomic E-state index is 14.1. The predicted molar refractivity (Wildman–Crippen MR) is 224 cm³/mol. The summed E-state index contributed by atoms with van der Waals surface area (Å²) in [5.41, 5.74) is 4.50. The summed E-state index contributed by atoms with van der Waals surface area (Å²) in [4.78, 5) is 76.0. The molecule has 9 rings (SSSR count). The van der Waals surface area contributed by atoms with Gasteiger partial charge in [-0.25, -0.2) is 4.98 Å². The van der Waals surface area contributed by atoms with Crippen LogP contribution in [0.2, 0.25) is 0 Å². The number of nitrogens with zero attached hydrogens (tertiary/aromatic N) is 5. The number of carbonyl (C=O) groups is 5. The molecular formula is C47H50N6O7. The van der Waals surface area contributed by atoms with Crippen molar-refractivity contribution in [2.24, 2.45) is 24.3 Å². The summed E-state index contributed by atoms with van der Waals surface area (Å²) < 4.78 is 14.4. The van der Waals surface area contributed by atoms with Crippen molar-refractivity contribution in [1.82, 2.24) is 29.7 Å². The first-order valence-electron chi connectivity index (χ1n) is 21.3. The number of imide groups is 2. The molecule has 1 saturated carbocycles. The molecule has 0 bridgehead atoms. The summed E-state index contributed by atoms with van der Waals surface area (Å²) in [5, 5.41) is 4.53. The van der Waals surface area contributed by atoms with Crippen LogP contribution in [0.25, 0.3) is 32.9 Å². The van der Waals surface area contributed by atoms with Crippen LogP contribution in [0.4, 0.5) is 0 Å². The minimum Gasteiger partial charge on any atom is -0.494 e. The topological polar surface area (TPSA) is 153 Å². The second-order valence-corrected chi connectivity index (χ2v) is 17.1. The van der Waals surface area contributed by atoms with E-state index in [9.17, 15) is 24.0 Å². The second kappa shape index (κ2) is 15.8. The number of hydrogen-bond acceptors (Lipinski definition) is 9. The van der Waals surface area contributed by atoms with Gasteiger partial charge in [0.15, 0.2) is 0 Å². The molecule has 3 fully saturated rings. The first-order chi connectivity index (χ1) is 29.0. The van der Waals surface area contributed by atoms with Gasteiger partial charge in [0.25, 0.3) is 11.8 Å². The lowest BCUT2D eigenvalue weighted by molar-refractivity contribution is -0.172. The third-order valence-corrected chi connectivity index (χ3v) is 13.6. The largest absolute Gasteiger partial charge is 0.494 e. The molecule has 1 aliphatic carbocycles. The van der Waals surface area contributed by atoms with Crippen LogP contribution in [0, 0.1) is 17.3 Å². The molecule has 1 N–H and O–H groups in total. The number of fused-ring (bicyclic) bond motifs is 4. The fraction of sp³-hybridized carbons (Fsp3) is 0.426. The van der Waals surface area contributed by atoms with Crippen molar-refractivity contribution >= 4 is 51.3 Å². The van der Waals surface area contributed by atoms with Crippen LogP contribution in [0.5, 0.6) is 11.6 Å². The summed E-state index contributed by atoms with van der Waals surface area (Å²) in [7, 11) is 2.08. The molecule has 5 amide bonds. The Labute approximate surface area is 348 Å². The first-order valence-corrected chi connectivity index (χ1v) is 21.3. The molecule has 2 saturated heterocycles. The Morgan fingerprint density at radius 3 is 2.37 bits per heavy atom. The van der Waals surface area contributed by atoms with Gasteiger partial charge < -0.3 is 18.9 Å². The zero-order valence-corrected chi connectivity index (χ0v) is 34.3. The fourth-order valence-corrected chi connectivity index (χ4v) is 10.1. The average molecular weight is 811 g/mol. The number of aryl methyl sites for hydroxylation is 1. The van der Waals surface area contributed by atoms with Crippen molar-refractivity contribution < 1.29 is 33.4 Å². The third-order valence-electron chi connectivity index (χ3n) is 13.6. The quantitative estimate of drug-likeness (QED) is 0.0937. The van der Waals surface area contributed by atoms with E-state index in [0.29, 0.717) is 43.2 Å². The highest BCUT2D eigenvalue weighted by Gasteiger charge is 2.57. The van der Waals surface area contributed by atoms with Crippen LogP contribution in [0.1, 0.15) is 92.4 Å². The highest BCUT2D eigenvalue weighted by molar-refractivity contribution is 6.23. The van der Waals surface area contributed by atoms with Crippen molar-refractivity contribution in [1.29, 1.82) is 0 Å². The minimum atomic E-state index is -0.998. The lowest BCUT2D eigenvalue weighted by atomic mass is 9.51. The molecule has 0 radical (unpaired) electrons. The van der Waals surface area contributed by atoms with Crippen LogP contribution >= 0.6 is 0 Å². The van der Waals surface area contributed by atoms with Crippen molar-refractivity contribution in [3.05, 3.63) is 84.3 Å². The molecule has 310 valence electrons. The van der Waals surface area contributed by atoms with Gasteiger partial charge in [-0.3, -0.25) is 39.2 Å². The second-order valence-electron chi connectivity index (χ2n) is 17.1. The van der Waals surface area contributed by atoms with Gasteiger partial charge in [0.05, 0.1) is 41.8 Å². The van der Waals surface area contributed by atoms with Gasteiger partial charge in [0, 0.05) is 60.0 Å². The molecule has 60 heavy (non-hydrogen) atoms. The molecule has 6 heterocycles. The monoisotopic (exact) mass is 810 g/mol. The maximum Gasteiger partial charge on any atom is 0.262 e. The highest BCUT2D eigenvalue weighted by atomic mass is 16.5. The van der Waals surface area contributed by atoms with Crippen LogP contribution in [-0.4, -0.2) is 85.7 Å². The molecule has 13 nitrogen and oxygen atoms in total. The number of carbonyl (C=O) groups excluding carboxylic acids is 5. The number of benzene rings is 2. The summed E-state index contributed by atoms with van der Waals surface area (Å²) >= 11 is 0. The Balaban J connectivity index is 0.709. The average Bonchev–Trinajstić information content (AvgIpc) is 3.66. The summed E-state index contributed by atoms with van der Waals surface area (Å²) in [6.45, 7) is 6.05. The molecule has 0 spiro atoms.